The molecule has 98 valence electrons. The monoisotopic (exact) mass is 251 g/mol. The molecule has 3 rings (SSSR count). The van der Waals surface area contributed by atoms with Crippen LogP contribution in [0.1, 0.15) is 53.5 Å². The summed E-state index contributed by atoms with van der Waals surface area (Å²) in [7, 11) is 0. The van der Waals surface area contributed by atoms with Crippen molar-refractivity contribution in [3.63, 3.8) is 0 Å². The second-order valence-electron chi connectivity index (χ2n) is 5.69. The third-order valence-corrected chi connectivity index (χ3v) is 4.27. The van der Waals surface area contributed by atoms with Crippen LogP contribution >= 0.6 is 0 Å². The second kappa shape index (κ2) is 5.18. The summed E-state index contributed by atoms with van der Waals surface area (Å²) in [6.45, 7) is 2.11. The van der Waals surface area contributed by atoms with E-state index in [-0.39, 0.29) is 6.04 Å². The molecular weight excluding hydrogens is 230 g/mol. The fraction of sp³-hybridized carbons (Fsp3) is 0.333. The minimum atomic E-state index is -0.0182. The fourth-order valence-corrected chi connectivity index (χ4v) is 2.77. The maximum absolute atomic E-state index is 6.36. The van der Waals surface area contributed by atoms with Crippen molar-refractivity contribution in [2.24, 2.45) is 5.73 Å². The topological polar surface area (TPSA) is 26.0 Å². The van der Waals surface area contributed by atoms with Crippen LogP contribution in [0.3, 0.4) is 0 Å². The molecule has 0 aromatic heterocycles. The van der Waals surface area contributed by atoms with Gasteiger partial charge in [-0.05, 0) is 42.4 Å². The van der Waals surface area contributed by atoms with Gasteiger partial charge in [0.25, 0.3) is 0 Å². The normalized spacial score (nSPS) is 16.9. The van der Waals surface area contributed by atoms with E-state index in [0.29, 0.717) is 0 Å². The Hall–Kier alpha value is -1.60. The zero-order chi connectivity index (χ0) is 13.2. The van der Waals surface area contributed by atoms with Crippen molar-refractivity contribution in [2.75, 3.05) is 0 Å². The molecule has 1 atom stereocenters. The molecule has 1 unspecified atom stereocenters. The van der Waals surface area contributed by atoms with Gasteiger partial charge in [-0.1, -0.05) is 60.5 Å². The minimum absolute atomic E-state index is 0.0182. The van der Waals surface area contributed by atoms with Crippen LogP contribution in [0.2, 0.25) is 0 Å². The largest absolute Gasteiger partial charge is 0.320 e. The molecule has 0 aliphatic heterocycles. The van der Waals surface area contributed by atoms with E-state index in [1.807, 2.05) is 0 Å². The van der Waals surface area contributed by atoms with Crippen LogP contribution in [0, 0.1) is 6.92 Å². The van der Waals surface area contributed by atoms with Gasteiger partial charge in [0.15, 0.2) is 0 Å². The Morgan fingerprint density at radius 3 is 2.32 bits per heavy atom. The number of benzene rings is 2. The van der Waals surface area contributed by atoms with Gasteiger partial charge < -0.3 is 5.73 Å². The van der Waals surface area contributed by atoms with E-state index in [4.69, 9.17) is 5.73 Å². The molecule has 1 nitrogen and oxygen atoms in total. The number of nitrogens with two attached hydrogens (primary N) is 1. The number of hydrogen-bond acceptors (Lipinski definition) is 1. The molecule has 2 N–H and O–H groups in total. The maximum atomic E-state index is 6.36. The van der Waals surface area contributed by atoms with Crippen LogP contribution in [0.15, 0.2) is 48.5 Å². The molecule has 0 bridgehead atoms. The molecule has 0 heterocycles. The molecule has 1 aliphatic carbocycles. The highest BCUT2D eigenvalue weighted by molar-refractivity contribution is 5.35. The van der Waals surface area contributed by atoms with E-state index in [2.05, 4.69) is 55.5 Å². The van der Waals surface area contributed by atoms with Crippen LogP contribution in [-0.4, -0.2) is 0 Å². The second-order valence-corrected chi connectivity index (χ2v) is 5.69. The van der Waals surface area contributed by atoms with E-state index in [9.17, 15) is 0 Å². The lowest BCUT2D eigenvalue weighted by Crippen LogP contribution is -2.13. The van der Waals surface area contributed by atoms with Gasteiger partial charge in [0.05, 0.1) is 6.04 Å². The van der Waals surface area contributed by atoms with Crippen LogP contribution in [-0.2, 0) is 0 Å². The maximum Gasteiger partial charge on any atom is 0.0551 e. The van der Waals surface area contributed by atoms with Gasteiger partial charge in [-0.15, -0.1) is 0 Å². The molecule has 0 radical (unpaired) electrons. The zero-order valence-electron chi connectivity index (χ0n) is 11.5. The summed E-state index contributed by atoms with van der Waals surface area (Å²) in [6, 6.07) is 17.4. The lowest BCUT2D eigenvalue weighted by molar-refractivity contribution is 0.419. The summed E-state index contributed by atoms with van der Waals surface area (Å²) in [5, 5.41) is 0. The molecule has 1 saturated carbocycles. The third kappa shape index (κ3) is 2.57. The average molecular weight is 251 g/mol. The van der Waals surface area contributed by atoms with Gasteiger partial charge in [-0.25, -0.2) is 0 Å². The molecule has 2 aromatic carbocycles. The van der Waals surface area contributed by atoms with Gasteiger partial charge in [0.1, 0.15) is 0 Å². The average Bonchev–Trinajstić information content (AvgIpc) is 2.37. The summed E-state index contributed by atoms with van der Waals surface area (Å²) in [6.07, 6.45) is 4.09. The van der Waals surface area contributed by atoms with Gasteiger partial charge in [0.2, 0.25) is 0 Å². The Kier molecular flexibility index (Phi) is 3.39. The van der Waals surface area contributed by atoms with Crippen molar-refractivity contribution in [3.8, 4) is 0 Å². The predicted molar refractivity (Wildman–Crippen MR) is 80.2 cm³/mol. The van der Waals surface area contributed by atoms with Crippen molar-refractivity contribution in [1.29, 1.82) is 0 Å². The molecule has 19 heavy (non-hydrogen) atoms. The van der Waals surface area contributed by atoms with E-state index in [1.165, 1.54) is 41.5 Å². The highest BCUT2D eigenvalue weighted by Crippen LogP contribution is 2.36. The first-order chi connectivity index (χ1) is 9.24. The quantitative estimate of drug-likeness (QED) is 0.864. The third-order valence-electron chi connectivity index (χ3n) is 4.27. The number of aryl methyl sites for hydroxylation is 1. The first-order valence-electron chi connectivity index (χ1n) is 7.16. The van der Waals surface area contributed by atoms with Crippen LogP contribution < -0.4 is 5.73 Å². The van der Waals surface area contributed by atoms with Crippen molar-refractivity contribution in [2.45, 2.75) is 38.1 Å². The Morgan fingerprint density at radius 1 is 1.00 bits per heavy atom. The molecular formula is C18H21N. The summed E-state index contributed by atoms with van der Waals surface area (Å²) in [5.41, 5.74) is 11.5. The summed E-state index contributed by atoms with van der Waals surface area (Å²) in [5.74, 6) is 0.796. The van der Waals surface area contributed by atoms with Crippen molar-refractivity contribution in [3.05, 3.63) is 70.8 Å². The number of rotatable bonds is 3. The van der Waals surface area contributed by atoms with E-state index in [0.717, 1.165) is 5.92 Å². The molecule has 1 aliphatic rings. The van der Waals surface area contributed by atoms with Gasteiger partial charge in [0, 0.05) is 0 Å². The molecule has 0 spiro atoms. The van der Waals surface area contributed by atoms with E-state index >= 15 is 0 Å². The van der Waals surface area contributed by atoms with Gasteiger partial charge in [-0.2, -0.15) is 0 Å². The molecule has 2 aromatic rings. The van der Waals surface area contributed by atoms with Gasteiger partial charge in [-0.3, -0.25) is 0 Å². The molecule has 1 fully saturated rings. The highest BCUT2D eigenvalue weighted by Gasteiger charge is 2.19. The Balaban J connectivity index is 1.81. The molecule has 0 saturated heterocycles. The summed E-state index contributed by atoms with van der Waals surface area (Å²) in [4.78, 5) is 0. The highest BCUT2D eigenvalue weighted by atomic mass is 14.6. The van der Waals surface area contributed by atoms with Crippen LogP contribution in [0.5, 0.6) is 0 Å². The summed E-state index contributed by atoms with van der Waals surface area (Å²) >= 11 is 0. The Bertz CT molecular complexity index is 552. The van der Waals surface area contributed by atoms with Crippen LogP contribution in [0.25, 0.3) is 0 Å². The fourth-order valence-electron chi connectivity index (χ4n) is 2.77. The van der Waals surface area contributed by atoms with Crippen molar-refractivity contribution in [1.82, 2.24) is 0 Å². The molecule has 0 amide bonds. The summed E-state index contributed by atoms with van der Waals surface area (Å²) < 4.78 is 0. The Labute approximate surface area is 115 Å². The first kappa shape index (κ1) is 12.4. The standard InChI is InChI=1S/C18H21N/c1-13-4-2-7-17(12-13)18(19)16-10-8-15(9-11-16)14-5-3-6-14/h2,4,7-12,14,18H,3,5-6,19H2,1H3. The van der Waals surface area contributed by atoms with Crippen molar-refractivity contribution >= 4 is 0 Å². The smallest absolute Gasteiger partial charge is 0.0551 e. The number of hydrogen-bond donors (Lipinski definition) is 1. The van der Waals surface area contributed by atoms with E-state index < -0.39 is 0 Å². The predicted octanol–water partition coefficient (Wildman–Crippen LogP) is 4.31. The minimum Gasteiger partial charge on any atom is -0.320 e. The molecule has 1 heteroatoms. The first-order valence-corrected chi connectivity index (χ1v) is 7.16. The van der Waals surface area contributed by atoms with Crippen LogP contribution in [0.4, 0.5) is 0 Å². The van der Waals surface area contributed by atoms with E-state index in [1.54, 1.807) is 0 Å². The lowest BCUT2D eigenvalue weighted by Gasteiger charge is -2.26. The van der Waals surface area contributed by atoms with Crippen molar-refractivity contribution < 1.29 is 0 Å². The Morgan fingerprint density at radius 2 is 1.74 bits per heavy atom. The zero-order valence-corrected chi connectivity index (χ0v) is 11.5. The SMILES string of the molecule is Cc1cccc(C(N)c2ccc(C3CCC3)cc2)c1. The lowest BCUT2D eigenvalue weighted by atomic mass is 9.79. The van der Waals surface area contributed by atoms with Gasteiger partial charge >= 0.3 is 0 Å².